The molecule has 2 aromatic carbocycles. The van der Waals surface area contributed by atoms with E-state index in [1.54, 1.807) is 27.7 Å². The van der Waals surface area contributed by atoms with Crippen molar-refractivity contribution < 1.29 is 69.8 Å². The van der Waals surface area contributed by atoms with Crippen LogP contribution in [0.2, 0.25) is 0 Å². The average molecular weight is 871 g/mol. The van der Waals surface area contributed by atoms with Gasteiger partial charge in [-0.25, -0.2) is 0 Å². The van der Waals surface area contributed by atoms with Gasteiger partial charge < -0.3 is 40.9 Å². The summed E-state index contributed by atoms with van der Waals surface area (Å²) in [5.74, 6) is -4.43. The monoisotopic (exact) mass is 870 g/mol. The topological polar surface area (TPSA) is 249 Å². The molecule has 62 heavy (non-hydrogen) atoms. The summed E-state index contributed by atoms with van der Waals surface area (Å²) >= 11 is 0. The molecule has 0 atom stereocenters. The van der Waals surface area contributed by atoms with E-state index in [1.807, 2.05) is 0 Å². The highest BCUT2D eigenvalue weighted by atomic mass is 17.2. The molecule has 0 aromatic heterocycles. The van der Waals surface area contributed by atoms with Crippen LogP contribution in [-0.4, -0.2) is 64.7 Å². The van der Waals surface area contributed by atoms with Crippen LogP contribution in [0.4, 0.5) is 0 Å². The SMILES string of the molecule is CC(C)(CCCCCCc1cc(O)c(O)c(CCCCC2(C(=O)O)CC2)c1OOc1cc(CCCCC2(C(=O)O)CC2)c(O)c(CCCCCCC(C)(C)C(=O)O)c1O)C(=O)O. The maximum Gasteiger partial charge on any atom is 0.309 e. The lowest BCUT2D eigenvalue weighted by molar-refractivity contribution is -0.148. The first-order chi connectivity index (χ1) is 29.2. The molecule has 8 N–H and O–H groups in total. The number of hydrogen-bond donors (Lipinski definition) is 8. The van der Waals surface area contributed by atoms with Gasteiger partial charge in [-0.1, -0.05) is 51.4 Å². The summed E-state index contributed by atoms with van der Waals surface area (Å²) in [7, 11) is 0. The molecule has 0 bridgehead atoms. The summed E-state index contributed by atoms with van der Waals surface area (Å²) in [4.78, 5) is 58.6. The zero-order valence-electron chi connectivity index (χ0n) is 37.2. The molecule has 2 saturated carbocycles. The Kier molecular flexibility index (Phi) is 17.2. The van der Waals surface area contributed by atoms with Crippen LogP contribution in [-0.2, 0) is 44.9 Å². The number of hydrogen-bond acceptors (Lipinski definition) is 10. The fraction of sp³-hybridized carbons (Fsp3) is 0.667. The van der Waals surface area contributed by atoms with Crippen molar-refractivity contribution in [3.05, 3.63) is 34.4 Å². The molecule has 2 aliphatic rings. The van der Waals surface area contributed by atoms with Crippen molar-refractivity contribution in [1.29, 1.82) is 0 Å². The summed E-state index contributed by atoms with van der Waals surface area (Å²) in [5, 5.41) is 83.3. The number of phenols is 4. The number of aliphatic carboxylic acids is 4. The van der Waals surface area contributed by atoms with Crippen LogP contribution >= 0.6 is 0 Å². The zero-order valence-corrected chi connectivity index (χ0v) is 37.2. The van der Waals surface area contributed by atoms with E-state index >= 15 is 0 Å². The molecule has 2 aromatic rings. The first kappa shape index (κ1) is 49.8. The molecule has 346 valence electrons. The van der Waals surface area contributed by atoms with Crippen molar-refractivity contribution in [1.82, 2.24) is 0 Å². The van der Waals surface area contributed by atoms with Gasteiger partial charge in [0.25, 0.3) is 0 Å². The molecular weight excluding hydrogens is 801 g/mol. The van der Waals surface area contributed by atoms with E-state index in [0.29, 0.717) is 133 Å². The largest absolute Gasteiger partial charge is 0.507 e. The highest BCUT2D eigenvalue weighted by molar-refractivity contribution is 5.78. The number of aromatic hydroxyl groups is 4. The van der Waals surface area contributed by atoms with E-state index in [0.717, 1.165) is 19.3 Å². The standard InChI is InChI=1S/C48H70O14/c1-45(2,41(53)54)21-13-7-5-9-18-32-29-35(49)38(51)34(20-12-16-24-48(27-28-48)44(59)60)40(32)62-61-36-30-31(17-11-15-23-47(25-26-47)43(57)58)37(50)33(39(36)52)19-10-6-8-14-22-46(3,4)42(55)56/h29-30,49-52H,5-28H2,1-4H3,(H,53,54)(H,55,56)(H,57,58)(H,59,60). The Morgan fingerprint density at radius 3 is 1.44 bits per heavy atom. The lowest BCUT2D eigenvalue weighted by atomic mass is 9.87. The van der Waals surface area contributed by atoms with Gasteiger partial charge >= 0.3 is 23.9 Å². The van der Waals surface area contributed by atoms with Gasteiger partial charge in [-0.15, -0.1) is 0 Å². The maximum absolute atomic E-state index is 11.8. The van der Waals surface area contributed by atoms with Crippen LogP contribution < -0.4 is 9.78 Å². The molecule has 14 heteroatoms. The first-order valence-electron chi connectivity index (χ1n) is 22.6. The predicted molar refractivity (Wildman–Crippen MR) is 231 cm³/mol. The third kappa shape index (κ3) is 13.3. The average Bonchev–Trinajstić information content (AvgIpc) is 4.15. The minimum Gasteiger partial charge on any atom is -0.507 e. The van der Waals surface area contributed by atoms with E-state index in [9.17, 15) is 60.0 Å². The van der Waals surface area contributed by atoms with Crippen LogP contribution in [0.15, 0.2) is 12.1 Å². The Labute approximate surface area is 365 Å². The molecule has 2 fully saturated rings. The second-order valence-electron chi connectivity index (χ2n) is 19.4. The fourth-order valence-corrected chi connectivity index (χ4v) is 8.26. The van der Waals surface area contributed by atoms with Crippen molar-refractivity contribution in [3.63, 3.8) is 0 Å². The summed E-state index contributed by atoms with van der Waals surface area (Å²) in [6.45, 7) is 6.78. The molecule has 2 aliphatic carbocycles. The normalized spacial score (nSPS) is 15.2. The van der Waals surface area contributed by atoms with Gasteiger partial charge in [0.2, 0.25) is 5.75 Å². The molecular formula is C48H70O14. The van der Waals surface area contributed by atoms with Crippen LogP contribution in [0.1, 0.15) is 178 Å². The van der Waals surface area contributed by atoms with Gasteiger partial charge in [-0.05, 0) is 148 Å². The number of unbranched alkanes of at least 4 members (excludes halogenated alkanes) is 8. The second kappa shape index (κ2) is 21.5. The molecule has 0 unspecified atom stereocenters. The quantitative estimate of drug-likeness (QED) is 0.0152. The number of rotatable bonds is 31. The Hall–Kier alpha value is -4.88. The van der Waals surface area contributed by atoms with Gasteiger partial charge in [0, 0.05) is 16.7 Å². The molecule has 14 nitrogen and oxygen atoms in total. The van der Waals surface area contributed by atoms with Crippen molar-refractivity contribution in [2.45, 2.75) is 182 Å². The summed E-state index contributed by atoms with van der Waals surface area (Å²) in [6, 6.07) is 2.90. The minimum absolute atomic E-state index is 0.0807. The van der Waals surface area contributed by atoms with Gasteiger partial charge in [-0.3, -0.25) is 29.0 Å². The van der Waals surface area contributed by atoms with Crippen LogP contribution in [0, 0.1) is 21.7 Å². The maximum atomic E-state index is 11.8. The van der Waals surface area contributed by atoms with Crippen molar-refractivity contribution in [2.75, 3.05) is 0 Å². The summed E-state index contributed by atoms with van der Waals surface area (Å²) in [5.41, 5.74) is -1.54. The highest BCUT2D eigenvalue weighted by Gasteiger charge is 2.50. The predicted octanol–water partition coefficient (Wildman–Crippen LogP) is 10.2. The van der Waals surface area contributed by atoms with Gasteiger partial charge in [0.05, 0.1) is 21.7 Å². The van der Waals surface area contributed by atoms with Crippen molar-refractivity contribution in [2.24, 2.45) is 21.7 Å². The van der Waals surface area contributed by atoms with E-state index in [2.05, 4.69) is 0 Å². The molecule has 4 rings (SSSR count). The van der Waals surface area contributed by atoms with Crippen LogP contribution in [0.5, 0.6) is 34.5 Å². The number of benzene rings is 2. The second-order valence-corrected chi connectivity index (χ2v) is 19.4. The van der Waals surface area contributed by atoms with Crippen molar-refractivity contribution in [3.8, 4) is 34.5 Å². The minimum atomic E-state index is -0.854. The summed E-state index contributed by atoms with van der Waals surface area (Å²) < 4.78 is 0. The molecule has 0 spiro atoms. The Bertz CT molecular complexity index is 1890. The zero-order chi connectivity index (χ0) is 45.9. The lowest BCUT2D eigenvalue weighted by Gasteiger charge is -2.20. The Balaban J connectivity index is 1.56. The number of carboxylic acids is 4. The molecule has 0 heterocycles. The Morgan fingerprint density at radius 2 is 0.952 bits per heavy atom. The van der Waals surface area contributed by atoms with Gasteiger partial charge in [0.15, 0.2) is 23.0 Å². The van der Waals surface area contributed by atoms with Gasteiger partial charge in [-0.2, -0.15) is 0 Å². The van der Waals surface area contributed by atoms with E-state index in [-0.39, 0.29) is 52.7 Å². The van der Waals surface area contributed by atoms with Crippen LogP contribution in [0.25, 0.3) is 0 Å². The van der Waals surface area contributed by atoms with E-state index < -0.39 is 51.3 Å². The van der Waals surface area contributed by atoms with Gasteiger partial charge in [0.1, 0.15) is 5.75 Å². The highest BCUT2D eigenvalue weighted by Crippen LogP contribution is 2.51. The number of carboxylic acid groups (broad SMARTS) is 4. The molecule has 0 radical (unpaired) electrons. The fourth-order valence-electron chi connectivity index (χ4n) is 8.26. The van der Waals surface area contributed by atoms with E-state index in [4.69, 9.17) is 9.78 Å². The molecule has 0 aliphatic heterocycles. The molecule has 0 amide bonds. The third-order valence-corrected chi connectivity index (χ3v) is 13.5. The molecule has 0 saturated heterocycles. The van der Waals surface area contributed by atoms with E-state index in [1.165, 1.54) is 12.1 Å². The van der Waals surface area contributed by atoms with Crippen molar-refractivity contribution >= 4 is 23.9 Å². The first-order valence-corrected chi connectivity index (χ1v) is 22.6. The lowest BCUT2D eigenvalue weighted by Crippen LogP contribution is -2.23. The third-order valence-electron chi connectivity index (χ3n) is 13.5. The number of aryl methyl sites for hydroxylation is 2. The Morgan fingerprint density at radius 1 is 0.516 bits per heavy atom. The number of carbonyl (C=O) groups is 4. The van der Waals surface area contributed by atoms with Crippen LogP contribution in [0.3, 0.4) is 0 Å². The smallest absolute Gasteiger partial charge is 0.309 e. The number of phenolic OH excluding ortho intramolecular Hbond substituents is 4. The summed E-state index contributed by atoms with van der Waals surface area (Å²) in [6.07, 6.45) is 13.7.